The number of alkyl halides is 3. The lowest BCUT2D eigenvalue weighted by Crippen LogP contribution is -2.46. The molecule has 2 aromatic rings. The summed E-state index contributed by atoms with van der Waals surface area (Å²) < 4.78 is 40.8. The number of carbonyl (C=O) groups is 1. The van der Waals surface area contributed by atoms with E-state index < -0.39 is 6.36 Å². The Morgan fingerprint density at radius 1 is 1.00 bits per heavy atom. The third-order valence-corrected chi connectivity index (χ3v) is 5.78. The number of fused-ring (bicyclic) bond motifs is 1. The van der Waals surface area contributed by atoms with Gasteiger partial charge in [0.25, 0.3) is 5.91 Å². The van der Waals surface area contributed by atoms with Crippen LogP contribution in [0.1, 0.15) is 34.8 Å². The molecule has 0 aromatic heterocycles. The number of amides is 1. The normalized spacial score (nSPS) is 17.2. The van der Waals surface area contributed by atoms with Crippen molar-refractivity contribution in [1.29, 1.82) is 0 Å². The molecule has 1 amide bonds. The van der Waals surface area contributed by atoms with E-state index in [9.17, 15) is 18.0 Å². The predicted molar refractivity (Wildman–Crippen MR) is 112 cm³/mol. The summed E-state index contributed by atoms with van der Waals surface area (Å²) in [6, 6.07) is 11.7. The molecule has 0 unspecified atom stereocenters. The van der Waals surface area contributed by atoms with Gasteiger partial charge in [-0.2, -0.15) is 0 Å². The lowest BCUT2D eigenvalue weighted by molar-refractivity contribution is -0.274. The van der Waals surface area contributed by atoms with Crippen LogP contribution in [0.2, 0.25) is 0 Å². The second-order valence-electron chi connectivity index (χ2n) is 8.02. The molecular formula is C23H26F3N3O2. The predicted octanol–water partition coefficient (Wildman–Crippen LogP) is 4.27. The van der Waals surface area contributed by atoms with Crippen molar-refractivity contribution in [2.45, 2.75) is 32.8 Å². The molecule has 0 saturated carbocycles. The van der Waals surface area contributed by atoms with E-state index in [0.717, 1.165) is 56.0 Å². The van der Waals surface area contributed by atoms with Crippen molar-refractivity contribution in [2.75, 3.05) is 37.6 Å². The number of hydrogen-bond donors (Lipinski definition) is 0. The Bertz CT molecular complexity index is 923. The molecule has 1 fully saturated rings. The van der Waals surface area contributed by atoms with Crippen molar-refractivity contribution in [3.8, 4) is 5.75 Å². The second kappa shape index (κ2) is 8.78. The molecule has 0 spiro atoms. The largest absolute Gasteiger partial charge is 0.573 e. The van der Waals surface area contributed by atoms with Gasteiger partial charge in [0, 0.05) is 50.5 Å². The van der Waals surface area contributed by atoms with E-state index in [-0.39, 0.29) is 11.7 Å². The van der Waals surface area contributed by atoms with Gasteiger partial charge in [-0.25, -0.2) is 0 Å². The molecule has 0 aliphatic carbocycles. The molecular weight excluding hydrogens is 407 g/mol. The van der Waals surface area contributed by atoms with Crippen molar-refractivity contribution in [3.63, 3.8) is 0 Å². The Morgan fingerprint density at radius 2 is 1.71 bits per heavy atom. The van der Waals surface area contributed by atoms with Gasteiger partial charge in [-0.3, -0.25) is 9.69 Å². The fraction of sp³-hybridized carbons (Fsp3) is 0.435. The summed E-state index contributed by atoms with van der Waals surface area (Å²) in [6.45, 7) is 8.20. The van der Waals surface area contributed by atoms with E-state index >= 15 is 0 Å². The van der Waals surface area contributed by atoms with E-state index in [4.69, 9.17) is 0 Å². The van der Waals surface area contributed by atoms with Crippen LogP contribution in [0.25, 0.3) is 0 Å². The number of ether oxygens (including phenoxy) is 1. The Balaban J connectivity index is 1.39. The maximum absolute atomic E-state index is 12.8. The molecule has 5 nitrogen and oxygen atoms in total. The Hall–Kier alpha value is -2.74. The van der Waals surface area contributed by atoms with Crippen molar-refractivity contribution in [2.24, 2.45) is 0 Å². The molecule has 0 N–H and O–H groups in total. The topological polar surface area (TPSA) is 36.0 Å². The van der Waals surface area contributed by atoms with Crippen molar-refractivity contribution in [1.82, 2.24) is 9.80 Å². The minimum Gasteiger partial charge on any atom is -0.406 e. The zero-order chi connectivity index (χ0) is 22.0. The van der Waals surface area contributed by atoms with E-state index in [1.54, 1.807) is 17.0 Å². The van der Waals surface area contributed by atoms with E-state index in [1.165, 1.54) is 12.1 Å². The minimum atomic E-state index is -4.71. The summed E-state index contributed by atoms with van der Waals surface area (Å²) in [6.07, 6.45) is -3.55. The standard InChI is InChI=1S/C23H26F3N3O2/c1-2-9-27-10-12-28(13-11-27)19-5-8-21-18(14-19)16-29(22(21)30)15-17-3-6-20(7-4-17)31-23(24,25)26/h3-8,14H,2,9-13,15-16H2,1H3. The number of carbonyl (C=O) groups excluding carboxylic acids is 1. The lowest BCUT2D eigenvalue weighted by Gasteiger charge is -2.36. The zero-order valence-electron chi connectivity index (χ0n) is 17.5. The van der Waals surface area contributed by atoms with Crippen molar-refractivity contribution in [3.05, 3.63) is 59.2 Å². The van der Waals surface area contributed by atoms with Gasteiger partial charge in [0.15, 0.2) is 0 Å². The highest BCUT2D eigenvalue weighted by atomic mass is 19.4. The van der Waals surface area contributed by atoms with Crippen LogP contribution in [0.3, 0.4) is 0 Å². The maximum atomic E-state index is 12.8. The first-order valence-corrected chi connectivity index (χ1v) is 10.6. The van der Waals surface area contributed by atoms with Crippen LogP contribution in [0.4, 0.5) is 18.9 Å². The summed E-state index contributed by atoms with van der Waals surface area (Å²) in [5.74, 6) is -0.319. The average Bonchev–Trinajstić information content (AvgIpc) is 3.04. The highest BCUT2D eigenvalue weighted by Gasteiger charge is 2.31. The molecule has 2 aromatic carbocycles. The van der Waals surface area contributed by atoms with Gasteiger partial charge < -0.3 is 14.5 Å². The minimum absolute atomic E-state index is 0.0510. The molecule has 4 rings (SSSR count). The van der Waals surface area contributed by atoms with Gasteiger partial charge in [-0.05, 0) is 54.4 Å². The molecule has 166 valence electrons. The monoisotopic (exact) mass is 433 g/mol. The van der Waals surface area contributed by atoms with Crippen LogP contribution in [0, 0.1) is 0 Å². The highest BCUT2D eigenvalue weighted by molar-refractivity contribution is 5.98. The molecule has 0 bridgehead atoms. The molecule has 31 heavy (non-hydrogen) atoms. The van der Waals surface area contributed by atoms with Gasteiger partial charge in [0.2, 0.25) is 0 Å². The highest BCUT2D eigenvalue weighted by Crippen LogP contribution is 2.30. The Labute approximate surface area is 180 Å². The first kappa shape index (κ1) is 21.5. The third kappa shape index (κ3) is 5.12. The van der Waals surface area contributed by atoms with Crippen molar-refractivity contribution >= 4 is 11.6 Å². The van der Waals surface area contributed by atoms with Gasteiger partial charge >= 0.3 is 6.36 Å². The van der Waals surface area contributed by atoms with Gasteiger partial charge in [0.05, 0.1) is 0 Å². The molecule has 0 radical (unpaired) electrons. The van der Waals surface area contributed by atoms with Gasteiger partial charge in [0.1, 0.15) is 5.75 Å². The Kier molecular flexibility index (Phi) is 6.09. The number of rotatable bonds is 6. The number of benzene rings is 2. The SMILES string of the molecule is CCCN1CCN(c2ccc3c(c2)CN(Cc2ccc(OC(F)(F)F)cc2)C3=O)CC1. The molecule has 2 heterocycles. The number of anilines is 1. The Morgan fingerprint density at radius 3 is 2.35 bits per heavy atom. The molecule has 8 heteroatoms. The van der Waals surface area contributed by atoms with E-state index in [1.807, 2.05) is 12.1 Å². The molecule has 0 atom stereocenters. The van der Waals surface area contributed by atoms with Crippen LogP contribution in [0.15, 0.2) is 42.5 Å². The van der Waals surface area contributed by atoms with Crippen LogP contribution < -0.4 is 9.64 Å². The van der Waals surface area contributed by atoms with E-state index in [0.29, 0.717) is 18.7 Å². The molecule has 2 aliphatic heterocycles. The fourth-order valence-corrected chi connectivity index (χ4v) is 4.25. The summed E-state index contributed by atoms with van der Waals surface area (Å²) in [4.78, 5) is 19.3. The molecule has 1 saturated heterocycles. The smallest absolute Gasteiger partial charge is 0.406 e. The van der Waals surface area contributed by atoms with E-state index in [2.05, 4.69) is 27.5 Å². The third-order valence-electron chi connectivity index (χ3n) is 5.78. The van der Waals surface area contributed by atoms with Crippen LogP contribution >= 0.6 is 0 Å². The fourth-order valence-electron chi connectivity index (χ4n) is 4.25. The molecule has 2 aliphatic rings. The number of piperazine rings is 1. The number of halogens is 3. The second-order valence-corrected chi connectivity index (χ2v) is 8.02. The quantitative estimate of drug-likeness (QED) is 0.682. The van der Waals surface area contributed by atoms with Crippen molar-refractivity contribution < 1.29 is 22.7 Å². The zero-order valence-corrected chi connectivity index (χ0v) is 17.5. The van der Waals surface area contributed by atoms with Gasteiger partial charge in [-0.15, -0.1) is 13.2 Å². The number of hydrogen-bond acceptors (Lipinski definition) is 4. The number of nitrogens with zero attached hydrogens (tertiary/aromatic N) is 3. The summed E-state index contributed by atoms with van der Waals surface area (Å²) >= 11 is 0. The average molecular weight is 433 g/mol. The lowest BCUT2D eigenvalue weighted by atomic mass is 10.1. The first-order chi connectivity index (χ1) is 14.8. The first-order valence-electron chi connectivity index (χ1n) is 10.6. The van der Waals surface area contributed by atoms with Crippen LogP contribution in [-0.2, 0) is 13.1 Å². The van der Waals surface area contributed by atoms with Gasteiger partial charge in [-0.1, -0.05) is 19.1 Å². The maximum Gasteiger partial charge on any atom is 0.573 e. The summed E-state index contributed by atoms with van der Waals surface area (Å²) in [5.41, 5.74) is 3.59. The van der Waals surface area contributed by atoms with Crippen LogP contribution in [0.5, 0.6) is 5.75 Å². The summed E-state index contributed by atoms with van der Waals surface area (Å²) in [7, 11) is 0. The van der Waals surface area contributed by atoms with Crippen LogP contribution in [-0.4, -0.2) is 54.8 Å². The summed E-state index contributed by atoms with van der Waals surface area (Å²) in [5, 5.41) is 0.